The number of amides is 2. The summed E-state index contributed by atoms with van der Waals surface area (Å²) in [5, 5.41) is 4.74. The number of aryl methyl sites for hydroxylation is 1. The van der Waals surface area contributed by atoms with Crippen molar-refractivity contribution in [1.82, 2.24) is 19.9 Å². The molecule has 1 fully saturated rings. The topological polar surface area (TPSA) is 79.5 Å². The molecule has 1 aliphatic rings. The highest BCUT2D eigenvalue weighted by molar-refractivity contribution is 6.30. The summed E-state index contributed by atoms with van der Waals surface area (Å²) in [6.07, 6.45) is 8.95. The molecule has 0 radical (unpaired) electrons. The van der Waals surface area contributed by atoms with Crippen molar-refractivity contribution >= 4 is 23.4 Å². The standard InChI is InChI=1S/C31H39ClN4O3/c1-3-5-7-11-23-15-17-24(18-16-23)31(38)35(19-6-4-2)22-28(37)36-20-9-8-14-27(36)30-33-29(34-39-30)25-12-10-13-26(32)21-25/h10,12-13,15-18,21,27H,3-9,11,14,19-20,22H2,1-2H3. The van der Waals surface area contributed by atoms with E-state index in [1.165, 1.54) is 18.4 Å². The molecule has 3 aromatic rings. The van der Waals surface area contributed by atoms with Crippen LogP contribution in [0, 0.1) is 0 Å². The number of nitrogens with zero attached hydrogens (tertiary/aromatic N) is 4. The fraction of sp³-hybridized carbons (Fsp3) is 0.484. The van der Waals surface area contributed by atoms with Crippen LogP contribution in [-0.2, 0) is 11.2 Å². The molecule has 2 amide bonds. The summed E-state index contributed by atoms with van der Waals surface area (Å²) in [4.78, 5) is 35.2. The largest absolute Gasteiger partial charge is 0.337 e. The molecule has 1 aromatic heterocycles. The second-order valence-corrected chi connectivity index (χ2v) is 10.7. The first kappa shape index (κ1) is 28.8. The van der Waals surface area contributed by atoms with Gasteiger partial charge in [-0.3, -0.25) is 9.59 Å². The molecule has 1 aliphatic heterocycles. The first-order valence-electron chi connectivity index (χ1n) is 14.3. The lowest BCUT2D eigenvalue weighted by Crippen LogP contribution is -2.46. The second kappa shape index (κ2) is 14.3. The van der Waals surface area contributed by atoms with Crippen molar-refractivity contribution in [2.24, 2.45) is 0 Å². The van der Waals surface area contributed by atoms with Crippen molar-refractivity contribution in [3.63, 3.8) is 0 Å². The van der Waals surface area contributed by atoms with Gasteiger partial charge in [0.15, 0.2) is 0 Å². The lowest BCUT2D eigenvalue weighted by molar-refractivity contribution is -0.136. The van der Waals surface area contributed by atoms with E-state index in [-0.39, 0.29) is 24.4 Å². The zero-order valence-corrected chi connectivity index (χ0v) is 23.8. The number of rotatable bonds is 12. The van der Waals surface area contributed by atoms with E-state index in [4.69, 9.17) is 16.1 Å². The number of piperidine rings is 1. The van der Waals surface area contributed by atoms with Crippen LogP contribution in [0.25, 0.3) is 11.4 Å². The SMILES string of the molecule is CCCCCc1ccc(C(=O)N(CCCC)CC(=O)N2CCCCC2c2nc(-c3cccc(Cl)c3)no2)cc1. The lowest BCUT2D eigenvalue weighted by atomic mass is 10.0. The molecular formula is C31H39ClN4O3. The Morgan fingerprint density at radius 1 is 1.05 bits per heavy atom. The van der Waals surface area contributed by atoms with E-state index in [0.717, 1.165) is 50.5 Å². The van der Waals surface area contributed by atoms with Gasteiger partial charge in [-0.05, 0) is 68.4 Å². The normalized spacial score (nSPS) is 15.4. The van der Waals surface area contributed by atoms with E-state index < -0.39 is 0 Å². The first-order valence-corrected chi connectivity index (χ1v) is 14.6. The molecule has 2 aromatic carbocycles. The molecule has 39 heavy (non-hydrogen) atoms. The molecule has 0 bridgehead atoms. The Morgan fingerprint density at radius 3 is 2.59 bits per heavy atom. The number of hydrogen-bond donors (Lipinski definition) is 0. The molecule has 1 unspecified atom stereocenters. The number of unbranched alkanes of at least 4 members (excludes halogenated alkanes) is 3. The van der Waals surface area contributed by atoms with Crippen molar-refractivity contribution in [1.29, 1.82) is 0 Å². The number of hydrogen-bond acceptors (Lipinski definition) is 5. The summed E-state index contributed by atoms with van der Waals surface area (Å²) in [5.74, 6) is 0.667. The Bertz CT molecular complexity index is 1230. The zero-order chi connectivity index (χ0) is 27.6. The van der Waals surface area contributed by atoms with Gasteiger partial charge >= 0.3 is 0 Å². The van der Waals surface area contributed by atoms with Gasteiger partial charge in [-0.15, -0.1) is 0 Å². The van der Waals surface area contributed by atoms with E-state index >= 15 is 0 Å². The third-order valence-corrected chi connectivity index (χ3v) is 7.53. The van der Waals surface area contributed by atoms with Crippen LogP contribution >= 0.6 is 11.6 Å². The molecular weight excluding hydrogens is 512 g/mol. The maximum Gasteiger partial charge on any atom is 0.254 e. The predicted molar refractivity (Wildman–Crippen MR) is 154 cm³/mol. The van der Waals surface area contributed by atoms with Crippen LogP contribution in [0.15, 0.2) is 53.1 Å². The monoisotopic (exact) mass is 550 g/mol. The second-order valence-electron chi connectivity index (χ2n) is 10.3. The maximum absolute atomic E-state index is 13.6. The molecule has 208 valence electrons. The summed E-state index contributed by atoms with van der Waals surface area (Å²) in [6, 6.07) is 14.9. The number of halogens is 1. The van der Waals surface area contributed by atoms with Gasteiger partial charge in [-0.25, -0.2) is 0 Å². The van der Waals surface area contributed by atoms with Crippen molar-refractivity contribution in [3.05, 3.63) is 70.6 Å². The first-order chi connectivity index (χ1) is 19.0. The third kappa shape index (κ3) is 7.69. The van der Waals surface area contributed by atoms with Gasteiger partial charge < -0.3 is 14.3 Å². The molecule has 1 saturated heterocycles. The number of likely N-dealkylation sites (tertiary alicyclic amines) is 1. The van der Waals surface area contributed by atoms with Crippen molar-refractivity contribution in [2.45, 2.75) is 77.7 Å². The average molecular weight is 551 g/mol. The maximum atomic E-state index is 13.6. The van der Waals surface area contributed by atoms with Crippen molar-refractivity contribution in [2.75, 3.05) is 19.6 Å². The van der Waals surface area contributed by atoms with Crippen LogP contribution in [0.2, 0.25) is 5.02 Å². The fourth-order valence-electron chi connectivity index (χ4n) is 5.03. The minimum atomic E-state index is -0.308. The smallest absolute Gasteiger partial charge is 0.254 e. The fourth-order valence-corrected chi connectivity index (χ4v) is 5.22. The Labute approximate surface area is 236 Å². The number of aromatic nitrogens is 2. The average Bonchev–Trinajstić information content (AvgIpc) is 3.46. The van der Waals surface area contributed by atoms with Crippen LogP contribution in [0.5, 0.6) is 0 Å². The van der Waals surface area contributed by atoms with Gasteiger partial charge in [0.2, 0.25) is 17.6 Å². The van der Waals surface area contributed by atoms with Crippen LogP contribution in [0.3, 0.4) is 0 Å². The highest BCUT2D eigenvalue weighted by Gasteiger charge is 2.33. The van der Waals surface area contributed by atoms with E-state index in [2.05, 4.69) is 24.0 Å². The van der Waals surface area contributed by atoms with Gasteiger partial charge in [-0.2, -0.15) is 4.98 Å². The quantitative estimate of drug-likeness (QED) is 0.224. The summed E-state index contributed by atoms with van der Waals surface area (Å²) in [5.41, 5.74) is 2.62. The van der Waals surface area contributed by atoms with E-state index in [1.54, 1.807) is 17.0 Å². The highest BCUT2D eigenvalue weighted by atomic mass is 35.5. The number of carbonyl (C=O) groups excluding carboxylic acids is 2. The summed E-state index contributed by atoms with van der Waals surface area (Å²) in [6.45, 7) is 5.45. The molecule has 0 N–H and O–H groups in total. The summed E-state index contributed by atoms with van der Waals surface area (Å²) >= 11 is 6.13. The van der Waals surface area contributed by atoms with Crippen LogP contribution in [-0.4, -0.2) is 51.4 Å². The highest BCUT2D eigenvalue weighted by Crippen LogP contribution is 2.32. The molecule has 8 heteroatoms. The number of carbonyl (C=O) groups is 2. The van der Waals surface area contributed by atoms with E-state index in [9.17, 15) is 9.59 Å². The zero-order valence-electron chi connectivity index (χ0n) is 23.1. The Kier molecular flexibility index (Phi) is 10.5. The minimum Gasteiger partial charge on any atom is -0.337 e. The molecule has 0 spiro atoms. The molecule has 0 aliphatic carbocycles. The molecule has 1 atom stereocenters. The van der Waals surface area contributed by atoms with Gasteiger partial charge in [0.25, 0.3) is 5.91 Å². The van der Waals surface area contributed by atoms with Gasteiger partial charge in [0.1, 0.15) is 12.6 Å². The number of benzene rings is 2. The van der Waals surface area contributed by atoms with Gasteiger partial charge in [0.05, 0.1) is 0 Å². The molecule has 4 rings (SSSR count). The van der Waals surface area contributed by atoms with Crippen LogP contribution in [0.4, 0.5) is 0 Å². The van der Waals surface area contributed by atoms with Crippen LogP contribution in [0.1, 0.15) is 93.1 Å². The Hall–Kier alpha value is -3.19. The van der Waals surface area contributed by atoms with Crippen molar-refractivity contribution < 1.29 is 14.1 Å². The minimum absolute atomic E-state index is 0.0306. The Morgan fingerprint density at radius 2 is 1.85 bits per heavy atom. The predicted octanol–water partition coefficient (Wildman–Crippen LogP) is 7.12. The van der Waals surface area contributed by atoms with Gasteiger partial charge in [-0.1, -0.05) is 74.1 Å². The molecule has 2 heterocycles. The Balaban J connectivity index is 1.47. The van der Waals surface area contributed by atoms with E-state index in [1.807, 2.05) is 41.3 Å². The van der Waals surface area contributed by atoms with Crippen molar-refractivity contribution in [3.8, 4) is 11.4 Å². The third-order valence-electron chi connectivity index (χ3n) is 7.30. The van der Waals surface area contributed by atoms with Gasteiger partial charge in [0, 0.05) is 29.2 Å². The van der Waals surface area contributed by atoms with E-state index in [0.29, 0.717) is 35.4 Å². The van der Waals surface area contributed by atoms with Crippen LogP contribution < -0.4 is 0 Å². The molecule has 7 nitrogen and oxygen atoms in total. The lowest BCUT2D eigenvalue weighted by Gasteiger charge is -2.35. The summed E-state index contributed by atoms with van der Waals surface area (Å²) < 4.78 is 5.63. The summed E-state index contributed by atoms with van der Waals surface area (Å²) in [7, 11) is 0. The molecule has 0 saturated carbocycles.